The number of amides is 1. The number of nitrogens with zero attached hydrogens (tertiary/aromatic N) is 3. The molecule has 1 aliphatic heterocycles. The van der Waals surface area contributed by atoms with Crippen LogP contribution in [0, 0.1) is 13.8 Å². The van der Waals surface area contributed by atoms with Crippen LogP contribution in [0.5, 0.6) is 0 Å². The van der Waals surface area contributed by atoms with E-state index in [1.807, 2.05) is 29.2 Å². The zero-order valence-electron chi connectivity index (χ0n) is 15.5. The summed E-state index contributed by atoms with van der Waals surface area (Å²) in [6.07, 6.45) is 0.360. The van der Waals surface area contributed by atoms with E-state index in [4.69, 9.17) is 16.6 Å². The summed E-state index contributed by atoms with van der Waals surface area (Å²) >= 11 is 7.93. The fraction of sp³-hybridized carbons (Fsp3) is 0.333. The van der Waals surface area contributed by atoms with Crippen LogP contribution < -0.4 is 4.90 Å². The Hall–Kier alpha value is -2.11. The molecule has 1 saturated heterocycles. The Labute approximate surface area is 168 Å². The van der Waals surface area contributed by atoms with Gasteiger partial charge in [0.05, 0.1) is 16.6 Å². The molecule has 2 aromatic carbocycles. The van der Waals surface area contributed by atoms with Gasteiger partial charge in [-0.05, 0) is 42.7 Å². The number of aromatic nitrogens is 1. The lowest BCUT2D eigenvalue weighted by Crippen LogP contribution is -2.49. The lowest BCUT2D eigenvalue weighted by molar-refractivity contribution is -0.130. The molecular weight excluding hydrogens is 378 g/mol. The molecule has 0 unspecified atom stereocenters. The van der Waals surface area contributed by atoms with Gasteiger partial charge in [0.25, 0.3) is 0 Å². The lowest BCUT2D eigenvalue weighted by atomic mass is 10.1. The van der Waals surface area contributed by atoms with E-state index in [0.29, 0.717) is 11.4 Å². The molecule has 1 aliphatic rings. The molecule has 0 aliphatic carbocycles. The maximum Gasteiger partial charge on any atom is 0.227 e. The normalized spacial score (nSPS) is 14.8. The fourth-order valence-corrected chi connectivity index (χ4v) is 4.83. The predicted molar refractivity (Wildman–Crippen MR) is 113 cm³/mol. The molecule has 1 aromatic heterocycles. The molecule has 6 heteroatoms. The highest BCUT2D eigenvalue weighted by atomic mass is 35.5. The third-order valence-corrected chi connectivity index (χ3v) is 6.65. The molecule has 0 N–H and O–H groups in total. The van der Waals surface area contributed by atoms with Gasteiger partial charge in [0.2, 0.25) is 5.91 Å². The van der Waals surface area contributed by atoms with Gasteiger partial charge in [-0.15, -0.1) is 0 Å². The molecule has 1 amide bonds. The van der Waals surface area contributed by atoms with E-state index in [2.05, 4.69) is 30.9 Å². The number of piperazine rings is 1. The first-order valence-electron chi connectivity index (χ1n) is 9.15. The van der Waals surface area contributed by atoms with Crippen molar-refractivity contribution in [3.05, 3.63) is 58.1 Å². The summed E-state index contributed by atoms with van der Waals surface area (Å²) in [5.41, 5.74) is 4.49. The Balaban J connectivity index is 1.42. The zero-order chi connectivity index (χ0) is 19.0. The minimum Gasteiger partial charge on any atom is -0.345 e. The van der Waals surface area contributed by atoms with Gasteiger partial charge in [-0.3, -0.25) is 4.79 Å². The first kappa shape index (κ1) is 18.3. The van der Waals surface area contributed by atoms with Crippen molar-refractivity contribution in [2.24, 2.45) is 0 Å². The van der Waals surface area contributed by atoms with E-state index in [1.54, 1.807) is 11.3 Å². The van der Waals surface area contributed by atoms with E-state index in [1.165, 1.54) is 15.8 Å². The van der Waals surface area contributed by atoms with Gasteiger partial charge >= 0.3 is 0 Å². The van der Waals surface area contributed by atoms with E-state index in [0.717, 1.165) is 42.4 Å². The number of hydrogen-bond acceptors (Lipinski definition) is 4. The smallest absolute Gasteiger partial charge is 0.227 e. The van der Waals surface area contributed by atoms with Gasteiger partial charge in [0.1, 0.15) is 0 Å². The molecule has 0 bridgehead atoms. The van der Waals surface area contributed by atoms with Crippen LogP contribution in [0.4, 0.5) is 5.13 Å². The quantitative estimate of drug-likeness (QED) is 0.652. The summed E-state index contributed by atoms with van der Waals surface area (Å²) in [6.45, 7) is 7.31. The standard InChI is InChI=1S/C21H22ClN3OS/c1-14-11-15(2)20-18(12-14)23-21(27-20)25-9-7-24(8-10-25)19(26)13-16-5-3-4-6-17(16)22/h3-6,11-12H,7-10,13H2,1-2H3. The highest BCUT2D eigenvalue weighted by Crippen LogP contribution is 2.32. The van der Waals surface area contributed by atoms with Gasteiger partial charge in [-0.1, -0.05) is 47.2 Å². The second-order valence-electron chi connectivity index (χ2n) is 7.06. The number of halogens is 1. The minimum absolute atomic E-state index is 0.138. The number of anilines is 1. The summed E-state index contributed by atoms with van der Waals surface area (Å²) in [4.78, 5) is 21.7. The van der Waals surface area contributed by atoms with Crippen LogP contribution in [0.3, 0.4) is 0 Å². The van der Waals surface area contributed by atoms with Crippen LogP contribution in [-0.2, 0) is 11.2 Å². The van der Waals surface area contributed by atoms with Crippen molar-refractivity contribution < 1.29 is 4.79 Å². The number of hydrogen-bond donors (Lipinski definition) is 0. The number of benzene rings is 2. The average molecular weight is 400 g/mol. The molecule has 27 heavy (non-hydrogen) atoms. The molecule has 4 rings (SSSR count). The van der Waals surface area contributed by atoms with Crippen molar-refractivity contribution in [1.82, 2.24) is 9.88 Å². The molecule has 1 fully saturated rings. The number of rotatable bonds is 3. The van der Waals surface area contributed by atoms with Gasteiger partial charge < -0.3 is 9.80 Å². The second kappa shape index (κ2) is 7.49. The molecule has 0 spiro atoms. The zero-order valence-corrected chi connectivity index (χ0v) is 17.1. The number of thiazole rings is 1. The van der Waals surface area contributed by atoms with E-state index < -0.39 is 0 Å². The number of aryl methyl sites for hydroxylation is 2. The Morgan fingerprint density at radius 1 is 1.15 bits per heavy atom. The Kier molecular flexibility index (Phi) is 5.06. The summed E-state index contributed by atoms with van der Waals surface area (Å²) in [6, 6.07) is 11.9. The summed E-state index contributed by atoms with van der Waals surface area (Å²) in [7, 11) is 0. The first-order chi connectivity index (χ1) is 13.0. The van der Waals surface area contributed by atoms with Gasteiger partial charge in [-0.2, -0.15) is 0 Å². The Bertz CT molecular complexity index is 992. The SMILES string of the molecule is Cc1cc(C)c2sc(N3CCN(C(=O)Cc4ccccc4Cl)CC3)nc2c1. The van der Waals surface area contributed by atoms with Gasteiger partial charge in [0, 0.05) is 31.2 Å². The monoisotopic (exact) mass is 399 g/mol. The van der Waals surface area contributed by atoms with Crippen LogP contribution in [0.2, 0.25) is 5.02 Å². The van der Waals surface area contributed by atoms with Crippen molar-refractivity contribution in [3.8, 4) is 0 Å². The fourth-order valence-electron chi connectivity index (χ4n) is 3.56. The molecule has 0 saturated carbocycles. The van der Waals surface area contributed by atoms with E-state index in [9.17, 15) is 4.79 Å². The highest BCUT2D eigenvalue weighted by Gasteiger charge is 2.23. The number of carbonyl (C=O) groups excluding carboxylic acids is 1. The summed E-state index contributed by atoms with van der Waals surface area (Å²) in [5.74, 6) is 0.138. The van der Waals surface area contributed by atoms with Crippen LogP contribution in [0.1, 0.15) is 16.7 Å². The van der Waals surface area contributed by atoms with Crippen LogP contribution in [0.25, 0.3) is 10.2 Å². The van der Waals surface area contributed by atoms with Crippen molar-refractivity contribution in [1.29, 1.82) is 0 Å². The van der Waals surface area contributed by atoms with Crippen molar-refractivity contribution >= 4 is 44.2 Å². The van der Waals surface area contributed by atoms with Crippen molar-refractivity contribution in [3.63, 3.8) is 0 Å². The molecule has 4 nitrogen and oxygen atoms in total. The summed E-state index contributed by atoms with van der Waals surface area (Å²) in [5, 5.41) is 1.71. The van der Waals surface area contributed by atoms with E-state index >= 15 is 0 Å². The number of fused-ring (bicyclic) bond motifs is 1. The van der Waals surface area contributed by atoms with Crippen LogP contribution in [0.15, 0.2) is 36.4 Å². The molecular formula is C21H22ClN3OS. The maximum atomic E-state index is 12.6. The van der Waals surface area contributed by atoms with E-state index in [-0.39, 0.29) is 5.91 Å². The molecule has 2 heterocycles. The highest BCUT2D eigenvalue weighted by molar-refractivity contribution is 7.22. The largest absolute Gasteiger partial charge is 0.345 e. The third kappa shape index (κ3) is 3.80. The van der Waals surface area contributed by atoms with Crippen molar-refractivity contribution in [2.75, 3.05) is 31.1 Å². The predicted octanol–water partition coefficient (Wildman–Crippen LogP) is 4.46. The molecule has 140 valence electrons. The molecule has 3 aromatic rings. The molecule has 0 atom stereocenters. The van der Waals surface area contributed by atoms with Gasteiger partial charge in [-0.25, -0.2) is 4.98 Å². The maximum absolute atomic E-state index is 12.6. The Morgan fingerprint density at radius 3 is 2.63 bits per heavy atom. The van der Waals surface area contributed by atoms with Crippen LogP contribution in [-0.4, -0.2) is 42.0 Å². The minimum atomic E-state index is 0.138. The summed E-state index contributed by atoms with van der Waals surface area (Å²) < 4.78 is 1.26. The van der Waals surface area contributed by atoms with Crippen LogP contribution >= 0.6 is 22.9 Å². The average Bonchev–Trinajstić information content (AvgIpc) is 3.08. The number of carbonyl (C=O) groups is 1. The third-order valence-electron chi connectivity index (χ3n) is 5.01. The molecule has 0 radical (unpaired) electrons. The first-order valence-corrected chi connectivity index (χ1v) is 10.3. The second-order valence-corrected chi connectivity index (χ2v) is 8.45. The Morgan fingerprint density at radius 2 is 1.89 bits per heavy atom. The lowest BCUT2D eigenvalue weighted by Gasteiger charge is -2.34. The van der Waals surface area contributed by atoms with Gasteiger partial charge in [0.15, 0.2) is 5.13 Å². The van der Waals surface area contributed by atoms with Crippen molar-refractivity contribution in [2.45, 2.75) is 20.3 Å². The topological polar surface area (TPSA) is 36.4 Å².